The van der Waals surface area contributed by atoms with Gasteiger partial charge in [0.1, 0.15) is 0 Å². The van der Waals surface area contributed by atoms with Crippen LogP contribution in [0, 0.1) is 0 Å². The molecule has 0 bridgehead atoms. The van der Waals surface area contributed by atoms with Crippen molar-refractivity contribution in [1.82, 2.24) is 0 Å². The van der Waals surface area contributed by atoms with Crippen molar-refractivity contribution in [2.45, 2.75) is 58.1 Å². The third-order valence-electron chi connectivity index (χ3n) is 3.53. The number of methoxy groups -OCH3 is 1. The van der Waals surface area contributed by atoms with Crippen molar-refractivity contribution < 1.29 is 19.4 Å². The number of phenolic OH excluding ortho intramolecular Hbond substituents is 1. The molecule has 3 N–H and O–H groups in total. The van der Waals surface area contributed by atoms with E-state index in [9.17, 15) is 9.90 Å². The zero-order valence-corrected chi connectivity index (χ0v) is 13.5. The highest BCUT2D eigenvalue weighted by molar-refractivity contribution is 5.69. The third kappa shape index (κ3) is 6.35. The van der Waals surface area contributed by atoms with Crippen LogP contribution in [-0.2, 0) is 9.53 Å². The molecule has 5 nitrogen and oxygen atoms in total. The van der Waals surface area contributed by atoms with E-state index in [1.54, 1.807) is 12.1 Å². The van der Waals surface area contributed by atoms with Crippen molar-refractivity contribution in [1.29, 1.82) is 0 Å². The summed E-state index contributed by atoms with van der Waals surface area (Å²) in [6, 6.07) is 4.65. The lowest BCUT2D eigenvalue weighted by molar-refractivity contribution is -0.149. The Balaban J connectivity index is 2.34. The Bertz CT molecular complexity index is 462. The van der Waals surface area contributed by atoms with Gasteiger partial charge in [0, 0.05) is 12.0 Å². The molecule has 1 aromatic carbocycles. The third-order valence-corrected chi connectivity index (χ3v) is 3.53. The average molecular weight is 309 g/mol. The molecule has 1 unspecified atom stereocenters. The van der Waals surface area contributed by atoms with Crippen molar-refractivity contribution in [3.63, 3.8) is 0 Å². The molecular weight excluding hydrogens is 282 g/mol. The summed E-state index contributed by atoms with van der Waals surface area (Å²) in [6.45, 7) is 2.18. The predicted octanol–water partition coefficient (Wildman–Crippen LogP) is 3.65. The van der Waals surface area contributed by atoms with Gasteiger partial charge in [-0.2, -0.15) is 0 Å². The Labute approximate surface area is 132 Å². The molecule has 0 aliphatic carbocycles. The number of unbranched alkanes of at least 4 members (excludes halogenated alkanes) is 5. The largest absolute Gasteiger partial charge is 0.504 e. The van der Waals surface area contributed by atoms with Crippen molar-refractivity contribution in [3.05, 3.63) is 23.8 Å². The number of aromatic hydroxyl groups is 1. The number of rotatable bonds is 10. The molecule has 22 heavy (non-hydrogen) atoms. The molecule has 0 heterocycles. The van der Waals surface area contributed by atoms with Gasteiger partial charge in [-0.1, -0.05) is 39.0 Å². The topological polar surface area (TPSA) is 81.8 Å². The lowest BCUT2D eigenvalue weighted by atomic mass is 10.1. The number of carbonyl (C=O) groups is 1. The summed E-state index contributed by atoms with van der Waals surface area (Å²) < 4.78 is 10.2. The summed E-state index contributed by atoms with van der Waals surface area (Å²) in [4.78, 5) is 11.8. The fourth-order valence-corrected chi connectivity index (χ4v) is 2.19. The Morgan fingerprint density at radius 2 is 1.91 bits per heavy atom. The Kier molecular flexibility index (Phi) is 8.36. The fourth-order valence-electron chi connectivity index (χ4n) is 2.19. The number of ether oxygens (including phenoxy) is 2. The van der Waals surface area contributed by atoms with Gasteiger partial charge in [-0.25, -0.2) is 0 Å². The first kappa shape index (κ1) is 18.3. The van der Waals surface area contributed by atoms with E-state index in [4.69, 9.17) is 15.2 Å². The minimum absolute atomic E-state index is 0.0249. The molecule has 0 radical (unpaired) electrons. The molecule has 5 heteroatoms. The van der Waals surface area contributed by atoms with Crippen LogP contribution in [0.5, 0.6) is 11.5 Å². The van der Waals surface area contributed by atoms with Crippen LogP contribution >= 0.6 is 0 Å². The van der Waals surface area contributed by atoms with Crippen molar-refractivity contribution in [3.8, 4) is 11.5 Å². The van der Waals surface area contributed by atoms with E-state index in [0.29, 0.717) is 17.7 Å². The molecule has 0 saturated carbocycles. The normalized spacial score (nSPS) is 12.0. The molecule has 1 aromatic rings. The maximum absolute atomic E-state index is 11.8. The zero-order chi connectivity index (χ0) is 16.4. The minimum Gasteiger partial charge on any atom is -0.504 e. The molecule has 0 aliphatic heterocycles. The Hall–Kier alpha value is -1.75. The van der Waals surface area contributed by atoms with Crippen LogP contribution in [-0.4, -0.2) is 18.2 Å². The number of carbonyl (C=O) groups excluding carboxylic acids is 1. The van der Waals surface area contributed by atoms with Crippen LogP contribution in [0.1, 0.15) is 63.7 Å². The number of esters is 1. The standard InChI is InChI=1S/C17H27NO4/c1-3-4-5-6-7-8-9-16(20)22-17(18)13-10-11-14(19)15(12-13)21-2/h10-12,17,19H,3-9,18H2,1-2H3. The van der Waals surface area contributed by atoms with Crippen molar-refractivity contribution in [2.75, 3.05) is 7.11 Å². The smallest absolute Gasteiger partial charge is 0.307 e. The number of nitrogens with two attached hydrogens (primary N) is 1. The second-order valence-corrected chi connectivity index (χ2v) is 5.36. The predicted molar refractivity (Wildman–Crippen MR) is 85.7 cm³/mol. The van der Waals surface area contributed by atoms with E-state index < -0.39 is 6.23 Å². The van der Waals surface area contributed by atoms with Gasteiger partial charge in [-0.15, -0.1) is 0 Å². The van der Waals surface area contributed by atoms with E-state index in [2.05, 4.69) is 6.92 Å². The lowest BCUT2D eigenvalue weighted by Crippen LogP contribution is -2.18. The summed E-state index contributed by atoms with van der Waals surface area (Å²) >= 11 is 0. The fraction of sp³-hybridized carbons (Fsp3) is 0.588. The van der Waals surface area contributed by atoms with Gasteiger partial charge < -0.3 is 14.6 Å². The second kappa shape index (κ2) is 10.1. The van der Waals surface area contributed by atoms with Crippen LogP contribution in [0.3, 0.4) is 0 Å². The van der Waals surface area contributed by atoms with Crippen molar-refractivity contribution >= 4 is 5.97 Å². The van der Waals surface area contributed by atoms with Gasteiger partial charge in [-0.3, -0.25) is 10.5 Å². The molecule has 0 amide bonds. The van der Waals surface area contributed by atoms with Crippen LogP contribution in [0.25, 0.3) is 0 Å². The van der Waals surface area contributed by atoms with Gasteiger partial charge in [0.15, 0.2) is 17.7 Å². The van der Waals surface area contributed by atoms with E-state index in [1.165, 1.54) is 32.4 Å². The molecule has 0 aliphatic rings. The molecular formula is C17H27NO4. The summed E-state index contributed by atoms with van der Waals surface area (Å²) in [7, 11) is 1.45. The highest BCUT2D eigenvalue weighted by Crippen LogP contribution is 2.28. The first-order valence-corrected chi connectivity index (χ1v) is 7.90. The number of benzene rings is 1. The van der Waals surface area contributed by atoms with E-state index in [0.717, 1.165) is 19.3 Å². The number of hydrogen-bond donors (Lipinski definition) is 2. The number of phenols is 1. The van der Waals surface area contributed by atoms with Crippen LogP contribution in [0.4, 0.5) is 0 Å². The van der Waals surface area contributed by atoms with Gasteiger partial charge in [-0.05, 0) is 24.6 Å². The molecule has 0 spiro atoms. The van der Waals surface area contributed by atoms with Gasteiger partial charge in [0.05, 0.1) is 7.11 Å². The highest BCUT2D eigenvalue weighted by Gasteiger charge is 2.14. The monoisotopic (exact) mass is 309 g/mol. The molecule has 1 rings (SSSR count). The van der Waals surface area contributed by atoms with Crippen molar-refractivity contribution in [2.24, 2.45) is 5.73 Å². The van der Waals surface area contributed by atoms with Crippen LogP contribution < -0.4 is 10.5 Å². The van der Waals surface area contributed by atoms with E-state index >= 15 is 0 Å². The zero-order valence-electron chi connectivity index (χ0n) is 13.5. The Morgan fingerprint density at radius 3 is 2.59 bits per heavy atom. The molecule has 124 valence electrons. The minimum atomic E-state index is -0.845. The summed E-state index contributed by atoms with van der Waals surface area (Å²) in [5.41, 5.74) is 6.45. The summed E-state index contributed by atoms with van der Waals surface area (Å²) in [5.74, 6) is 0.0341. The van der Waals surface area contributed by atoms with E-state index in [1.807, 2.05) is 0 Å². The quantitative estimate of drug-likeness (QED) is 0.391. The van der Waals surface area contributed by atoms with Crippen LogP contribution in [0.15, 0.2) is 18.2 Å². The van der Waals surface area contributed by atoms with Gasteiger partial charge >= 0.3 is 5.97 Å². The number of hydrogen-bond acceptors (Lipinski definition) is 5. The molecule has 0 aromatic heterocycles. The molecule has 0 saturated heterocycles. The first-order chi connectivity index (χ1) is 10.6. The average Bonchev–Trinajstić information content (AvgIpc) is 2.51. The summed E-state index contributed by atoms with van der Waals surface area (Å²) in [6.07, 6.45) is 6.24. The van der Waals surface area contributed by atoms with E-state index in [-0.39, 0.29) is 11.7 Å². The first-order valence-electron chi connectivity index (χ1n) is 7.90. The Morgan fingerprint density at radius 1 is 1.23 bits per heavy atom. The van der Waals surface area contributed by atoms with Gasteiger partial charge in [0.25, 0.3) is 0 Å². The maximum atomic E-state index is 11.8. The molecule has 1 atom stereocenters. The lowest BCUT2D eigenvalue weighted by Gasteiger charge is -2.15. The maximum Gasteiger partial charge on any atom is 0.307 e. The molecule has 0 fully saturated rings. The SMILES string of the molecule is CCCCCCCCC(=O)OC(N)c1ccc(O)c(OC)c1. The second-order valence-electron chi connectivity index (χ2n) is 5.36. The van der Waals surface area contributed by atoms with Crippen LogP contribution in [0.2, 0.25) is 0 Å². The summed E-state index contributed by atoms with van der Waals surface area (Å²) in [5, 5.41) is 9.53. The highest BCUT2D eigenvalue weighted by atomic mass is 16.6. The van der Waals surface area contributed by atoms with Gasteiger partial charge in [0.2, 0.25) is 0 Å².